The van der Waals surface area contributed by atoms with Crippen molar-refractivity contribution in [2.75, 3.05) is 11.9 Å². The third-order valence-corrected chi connectivity index (χ3v) is 5.64. The van der Waals surface area contributed by atoms with Gasteiger partial charge in [0.2, 0.25) is 5.88 Å². The molecule has 180 valence electrons. The number of hydrogen-bond acceptors (Lipinski definition) is 6. The van der Waals surface area contributed by atoms with E-state index in [2.05, 4.69) is 24.1 Å². The number of carboxylic acid groups (broad SMARTS) is 1. The van der Waals surface area contributed by atoms with Crippen LogP contribution in [-0.2, 0) is 20.7 Å². The van der Waals surface area contributed by atoms with Gasteiger partial charge in [0.1, 0.15) is 5.75 Å². The predicted octanol–water partition coefficient (Wildman–Crippen LogP) is 5.51. The third-order valence-electron chi connectivity index (χ3n) is 5.64. The fraction of sp³-hybridized carbons (Fsp3) is 0.500. The lowest BCUT2D eigenvalue weighted by Gasteiger charge is -2.23. The molecule has 0 spiro atoms. The van der Waals surface area contributed by atoms with Crippen LogP contribution in [0.3, 0.4) is 0 Å². The quantitative estimate of drug-likeness (QED) is 0.340. The number of aromatic nitrogens is 1. The minimum absolute atomic E-state index is 0.0940. The van der Waals surface area contributed by atoms with Gasteiger partial charge in [0.05, 0.1) is 6.61 Å². The Morgan fingerprint density at radius 3 is 2.15 bits per heavy atom. The van der Waals surface area contributed by atoms with Crippen LogP contribution in [0.25, 0.3) is 0 Å². The molecular weight excluding hydrogens is 420 g/mol. The summed E-state index contributed by atoms with van der Waals surface area (Å²) in [5.41, 5.74) is 5.04. The van der Waals surface area contributed by atoms with Gasteiger partial charge >= 0.3 is 11.9 Å². The fourth-order valence-electron chi connectivity index (χ4n) is 3.94. The van der Waals surface area contributed by atoms with E-state index in [-0.39, 0.29) is 19.1 Å². The summed E-state index contributed by atoms with van der Waals surface area (Å²) in [5.74, 6) is -2.39. The number of nitrogens with one attached hydrogen (secondary N) is 1. The Hall–Kier alpha value is -3.09. The lowest BCUT2D eigenvalue weighted by Crippen LogP contribution is -2.29. The Kier molecular flexibility index (Phi) is 9.26. The number of anilines is 1. The Labute approximate surface area is 196 Å². The highest BCUT2D eigenvalue weighted by atomic mass is 16.5. The molecular formula is C26H36N2O5. The number of esters is 1. The maximum absolute atomic E-state index is 12.4. The van der Waals surface area contributed by atoms with Crippen LogP contribution in [0.5, 0.6) is 11.6 Å². The molecule has 2 rings (SSSR count). The number of rotatable bonds is 11. The molecule has 7 heteroatoms. The van der Waals surface area contributed by atoms with E-state index in [1.807, 2.05) is 45.9 Å². The Bertz CT molecular complexity index is 975. The average Bonchev–Trinajstić information content (AvgIpc) is 2.73. The van der Waals surface area contributed by atoms with E-state index in [9.17, 15) is 14.7 Å². The number of pyridine rings is 1. The molecule has 1 aromatic heterocycles. The lowest BCUT2D eigenvalue weighted by atomic mass is 9.97. The Morgan fingerprint density at radius 2 is 1.64 bits per heavy atom. The Morgan fingerprint density at radius 1 is 1.03 bits per heavy atom. The number of carbonyl (C=O) groups excluding carboxylic acids is 1. The molecule has 1 atom stereocenters. The highest BCUT2D eigenvalue weighted by Gasteiger charge is 2.31. The second-order valence-electron chi connectivity index (χ2n) is 8.43. The van der Waals surface area contributed by atoms with Crippen molar-refractivity contribution in [2.45, 2.75) is 73.8 Å². The summed E-state index contributed by atoms with van der Waals surface area (Å²) < 4.78 is 11.4. The molecule has 2 aromatic rings. The van der Waals surface area contributed by atoms with Crippen LogP contribution in [0.1, 0.15) is 61.6 Å². The van der Waals surface area contributed by atoms with E-state index in [0.29, 0.717) is 17.2 Å². The monoisotopic (exact) mass is 456 g/mol. The van der Waals surface area contributed by atoms with Gasteiger partial charge in [-0.3, -0.25) is 9.59 Å². The molecule has 0 amide bonds. The summed E-state index contributed by atoms with van der Waals surface area (Å²) in [4.78, 5) is 29.0. The third kappa shape index (κ3) is 6.70. The molecule has 2 N–H and O–H groups in total. The highest BCUT2D eigenvalue weighted by Crippen LogP contribution is 2.36. The van der Waals surface area contributed by atoms with Gasteiger partial charge < -0.3 is 19.9 Å². The highest BCUT2D eigenvalue weighted by molar-refractivity contribution is 5.94. The summed E-state index contributed by atoms with van der Waals surface area (Å²) in [6.07, 6.45) is 1.69. The van der Waals surface area contributed by atoms with Gasteiger partial charge in [-0.15, -0.1) is 0 Å². The Balaban J connectivity index is 2.63. The first-order valence-corrected chi connectivity index (χ1v) is 11.5. The standard InChI is InChI=1S/C26H36N2O5/c1-8-19(9-2)28-22-13-18(7)27-24(33-23-16(5)11-15(4)12-17(23)6)20(22)14-21(25(29)30)26(31)32-10-3/h11-13,19,21H,8-10,14H2,1-7H3,(H,27,28)(H,29,30). The van der Waals surface area contributed by atoms with Crippen molar-refractivity contribution in [3.63, 3.8) is 0 Å². The number of hydrogen-bond donors (Lipinski definition) is 2. The zero-order valence-electron chi connectivity index (χ0n) is 20.7. The maximum Gasteiger partial charge on any atom is 0.320 e. The van der Waals surface area contributed by atoms with Crippen LogP contribution in [-0.4, -0.2) is 34.7 Å². The average molecular weight is 457 g/mol. The van der Waals surface area contributed by atoms with Crippen LogP contribution in [0, 0.1) is 33.6 Å². The summed E-state index contributed by atoms with van der Waals surface area (Å²) in [5, 5.41) is 13.3. The number of benzene rings is 1. The van der Waals surface area contributed by atoms with Gasteiger partial charge in [0, 0.05) is 29.4 Å². The molecule has 0 aliphatic heterocycles. The van der Waals surface area contributed by atoms with Crippen LogP contribution < -0.4 is 10.1 Å². The van der Waals surface area contributed by atoms with E-state index in [4.69, 9.17) is 9.47 Å². The molecule has 0 radical (unpaired) electrons. The molecule has 1 heterocycles. The second kappa shape index (κ2) is 11.7. The van der Waals surface area contributed by atoms with Crippen molar-refractivity contribution in [2.24, 2.45) is 5.92 Å². The SMILES string of the molecule is CCOC(=O)C(Cc1c(NC(CC)CC)cc(C)nc1Oc1c(C)cc(C)cc1C)C(=O)O. The van der Waals surface area contributed by atoms with Crippen molar-refractivity contribution in [3.8, 4) is 11.6 Å². The fourth-order valence-corrected chi connectivity index (χ4v) is 3.94. The van der Waals surface area contributed by atoms with E-state index < -0.39 is 17.9 Å². The van der Waals surface area contributed by atoms with Gasteiger partial charge in [-0.2, -0.15) is 0 Å². The molecule has 1 unspecified atom stereocenters. The van der Waals surface area contributed by atoms with Crippen LogP contribution >= 0.6 is 0 Å². The van der Waals surface area contributed by atoms with E-state index in [1.165, 1.54) is 0 Å². The molecule has 7 nitrogen and oxygen atoms in total. The lowest BCUT2D eigenvalue weighted by molar-refractivity contribution is -0.158. The van der Waals surface area contributed by atoms with Gasteiger partial charge in [-0.25, -0.2) is 4.98 Å². The molecule has 0 aliphatic rings. The van der Waals surface area contributed by atoms with Gasteiger partial charge in [-0.05, 0) is 64.7 Å². The van der Waals surface area contributed by atoms with Crippen molar-refractivity contribution >= 4 is 17.6 Å². The molecule has 1 aromatic carbocycles. The zero-order valence-corrected chi connectivity index (χ0v) is 20.7. The molecule has 0 saturated carbocycles. The summed E-state index contributed by atoms with van der Waals surface area (Å²) in [7, 11) is 0. The number of carbonyl (C=O) groups is 2. The molecule has 33 heavy (non-hydrogen) atoms. The first-order valence-electron chi connectivity index (χ1n) is 11.5. The smallest absolute Gasteiger partial charge is 0.320 e. The molecule has 0 fully saturated rings. The van der Waals surface area contributed by atoms with Crippen LogP contribution in [0.2, 0.25) is 0 Å². The van der Waals surface area contributed by atoms with E-state index >= 15 is 0 Å². The van der Waals surface area contributed by atoms with Gasteiger partial charge in [0.15, 0.2) is 5.92 Å². The van der Waals surface area contributed by atoms with Crippen LogP contribution in [0.15, 0.2) is 18.2 Å². The first kappa shape index (κ1) is 26.2. The predicted molar refractivity (Wildman–Crippen MR) is 129 cm³/mol. The largest absolute Gasteiger partial charge is 0.481 e. The van der Waals surface area contributed by atoms with Crippen molar-refractivity contribution in [3.05, 3.63) is 46.1 Å². The van der Waals surface area contributed by atoms with E-state index in [1.54, 1.807) is 6.92 Å². The number of aryl methyl sites for hydroxylation is 4. The van der Waals surface area contributed by atoms with Gasteiger partial charge in [0.25, 0.3) is 0 Å². The van der Waals surface area contributed by atoms with Crippen molar-refractivity contribution in [1.82, 2.24) is 4.98 Å². The molecule has 0 saturated heterocycles. The molecule has 0 bridgehead atoms. The summed E-state index contributed by atoms with van der Waals surface area (Å²) in [6, 6.07) is 6.12. The number of nitrogens with zero attached hydrogens (tertiary/aromatic N) is 1. The second-order valence-corrected chi connectivity index (χ2v) is 8.43. The number of ether oxygens (including phenoxy) is 2. The summed E-state index contributed by atoms with van der Waals surface area (Å²) >= 11 is 0. The molecule has 0 aliphatic carbocycles. The topological polar surface area (TPSA) is 97.8 Å². The van der Waals surface area contributed by atoms with Crippen molar-refractivity contribution in [1.29, 1.82) is 0 Å². The number of aliphatic carboxylic acids is 1. The normalized spacial score (nSPS) is 11.9. The van der Waals surface area contributed by atoms with E-state index in [0.717, 1.165) is 40.9 Å². The first-order chi connectivity index (χ1) is 15.6. The minimum Gasteiger partial charge on any atom is -0.481 e. The zero-order chi connectivity index (χ0) is 24.7. The minimum atomic E-state index is -1.36. The number of carboxylic acids is 1. The maximum atomic E-state index is 12.4. The van der Waals surface area contributed by atoms with Crippen molar-refractivity contribution < 1.29 is 24.2 Å². The summed E-state index contributed by atoms with van der Waals surface area (Å²) in [6.45, 7) is 13.8. The van der Waals surface area contributed by atoms with Gasteiger partial charge in [-0.1, -0.05) is 31.5 Å². The van der Waals surface area contributed by atoms with Crippen LogP contribution in [0.4, 0.5) is 5.69 Å².